The van der Waals surface area contributed by atoms with Gasteiger partial charge in [0.15, 0.2) is 0 Å². The Hall–Kier alpha value is -1.05. The van der Waals surface area contributed by atoms with Crippen LogP contribution in [0.1, 0.15) is 20.8 Å². The second kappa shape index (κ2) is 6.41. The molecular weight excluding hydrogens is 172 g/mol. The van der Waals surface area contributed by atoms with Crippen LogP contribution in [0.5, 0.6) is 0 Å². The Kier molecular flexibility index (Phi) is 5.93. The van der Waals surface area contributed by atoms with E-state index in [1.807, 2.05) is 34.1 Å². The SMILES string of the molecule is C\C=C/C(=N\C)C(=C\N(C)C)/C(C)C. The third kappa shape index (κ3) is 4.26. The summed E-state index contributed by atoms with van der Waals surface area (Å²) in [6, 6.07) is 0. The number of allylic oxidation sites excluding steroid dienone is 3. The predicted molar refractivity (Wildman–Crippen MR) is 64.8 cm³/mol. The van der Waals surface area contributed by atoms with Crippen LogP contribution < -0.4 is 0 Å². The zero-order valence-electron chi connectivity index (χ0n) is 10.2. The molecule has 0 aromatic heterocycles. The lowest BCUT2D eigenvalue weighted by atomic mass is 9.99. The molecule has 0 unspecified atom stereocenters. The maximum atomic E-state index is 4.29. The van der Waals surface area contributed by atoms with Gasteiger partial charge < -0.3 is 4.90 Å². The Bertz CT molecular complexity index is 245. The van der Waals surface area contributed by atoms with Crippen LogP contribution in [0.2, 0.25) is 0 Å². The van der Waals surface area contributed by atoms with Crippen molar-refractivity contribution in [2.75, 3.05) is 21.1 Å². The molecule has 0 fully saturated rings. The minimum Gasteiger partial charge on any atom is -0.383 e. The molecule has 0 heterocycles. The van der Waals surface area contributed by atoms with Gasteiger partial charge in [-0.2, -0.15) is 0 Å². The third-order valence-corrected chi connectivity index (χ3v) is 1.88. The molecule has 0 aliphatic carbocycles. The molecule has 0 atom stereocenters. The Balaban J connectivity index is 5.00. The average Bonchev–Trinajstić information content (AvgIpc) is 2.10. The van der Waals surface area contributed by atoms with Crippen LogP contribution >= 0.6 is 0 Å². The molecule has 0 amide bonds. The number of hydrogen-bond donors (Lipinski definition) is 0. The maximum Gasteiger partial charge on any atom is 0.0616 e. The first-order valence-electron chi connectivity index (χ1n) is 5.00. The lowest BCUT2D eigenvalue weighted by molar-refractivity contribution is 0.552. The first-order chi connectivity index (χ1) is 6.52. The number of rotatable bonds is 4. The summed E-state index contributed by atoms with van der Waals surface area (Å²) in [6.07, 6.45) is 6.20. The highest BCUT2D eigenvalue weighted by atomic mass is 15.0. The summed E-state index contributed by atoms with van der Waals surface area (Å²) >= 11 is 0. The standard InChI is InChI=1S/C12H22N2/c1-7-8-12(13-4)11(10(2)3)9-14(5)6/h7-10H,1-6H3/b8-7-,11-9-,13-12+. The molecule has 0 aliphatic heterocycles. The highest BCUT2D eigenvalue weighted by molar-refractivity contribution is 6.08. The topological polar surface area (TPSA) is 15.6 Å². The van der Waals surface area contributed by atoms with Gasteiger partial charge >= 0.3 is 0 Å². The zero-order valence-corrected chi connectivity index (χ0v) is 10.2. The monoisotopic (exact) mass is 194 g/mol. The Labute approximate surface area is 88.0 Å². The molecule has 14 heavy (non-hydrogen) atoms. The second-order valence-corrected chi connectivity index (χ2v) is 3.81. The van der Waals surface area contributed by atoms with Gasteiger partial charge in [0, 0.05) is 27.3 Å². The molecule has 0 aromatic rings. The largest absolute Gasteiger partial charge is 0.383 e. The summed E-state index contributed by atoms with van der Waals surface area (Å²) in [5, 5.41) is 0. The third-order valence-electron chi connectivity index (χ3n) is 1.88. The molecule has 0 radical (unpaired) electrons. The van der Waals surface area contributed by atoms with Gasteiger partial charge in [0.1, 0.15) is 0 Å². The first kappa shape index (κ1) is 12.9. The Morgan fingerprint density at radius 2 is 1.86 bits per heavy atom. The van der Waals surface area contributed by atoms with E-state index in [-0.39, 0.29) is 0 Å². The quantitative estimate of drug-likeness (QED) is 0.628. The van der Waals surface area contributed by atoms with Crippen LogP contribution in [0, 0.1) is 5.92 Å². The molecule has 0 aromatic carbocycles. The number of aliphatic imine (C=N–C) groups is 1. The number of nitrogens with zero attached hydrogens (tertiary/aromatic N) is 2. The van der Waals surface area contributed by atoms with Crippen molar-refractivity contribution >= 4 is 5.71 Å². The van der Waals surface area contributed by atoms with Crippen molar-refractivity contribution in [3.05, 3.63) is 23.9 Å². The van der Waals surface area contributed by atoms with Gasteiger partial charge in [-0.15, -0.1) is 0 Å². The van der Waals surface area contributed by atoms with E-state index in [9.17, 15) is 0 Å². The van der Waals surface area contributed by atoms with E-state index < -0.39 is 0 Å². The highest BCUT2D eigenvalue weighted by Crippen LogP contribution is 2.13. The normalized spacial score (nSPS) is 14.2. The van der Waals surface area contributed by atoms with Gasteiger partial charge in [0.05, 0.1) is 5.71 Å². The fraction of sp³-hybridized carbons (Fsp3) is 0.583. The average molecular weight is 194 g/mol. The van der Waals surface area contributed by atoms with Gasteiger partial charge in [0.2, 0.25) is 0 Å². The van der Waals surface area contributed by atoms with Crippen molar-refractivity contribution < 1.29 is 0 Å². The van der Waals surface area contributed by atoms with Gasteiger partial charge in [-0.05, 0) is 24.5 Å². The summed E-state index contributed by atoms with van der Waals surface area (Å²) in [7, 11) is 5.90. The minimum absolute atomic E-state index is 0.493. The molecule has 0 saturated heterocycles. The molecule has 0 rings (SSSR count). The smallest absolute Gasteiger partial charge is 0.0616 e. The molecule has 0 bridgehead atoms. The van der Waals surface area contributed by atoms with Crippen molar-refractivity contribution in [3.63, 3.8) is 0 Å². The van der Waals surface area contributed by atoms with Crippen molar-refractivity contribution in [1.82, 2.24) is 4.90 Å². The van der Waals surface area contributed by atoms with Crippen LogP contribution in [0.3, 0.4) is 0 Å². The van der Waals surface area contributed by atoms with Crippen LogP contribution in [-0.4, -0.2) is 31.8 Å². The van der Waals surface area contributed by atoms with Gasteiger partial charge in [0.25, 0.3) is 0 Å². The van der Waals surface area contributed by atoms with Crippen LogP contribution in [0.25, 0.3) is 0 Å². The van der Waals surface area contributed by atoms with E-state index in [1.165, 1.54) is 5.57 Å². The molecule has 80 valence electrons. The van der Waals surface area contributed by atoms with Crippen LogP contribution in [0.15, 0.2) is 28.9 Å². The molecular formula is C12H22N2. The zero-order chi connectivity index (χ0) is 11.1. The van der Waals surface area contributed by atoms with E-state index in [2.05, 4.69) is 36.0 Å². The van der Waals surface area contributed by atoms with Crippen molar-refractivity contribution in [3.8, 4) is 0 Å². The molecule has 2 nitrogen and oxygen atoms in total. The van der Waals surface area contributed by atoms with Gasteiger partial charge in [-0.25, -0.2) is 0 Å². The number of hydrogen-bond acceptors (Lipinski definition) is 2. The summed E-state index contributed by atoms with van der Waals surface area (Å²) in [4.78, 5) is 6.35. The molecule has 0 saturated carbocycles. The first-order valence-corrected chi connectivity index (χ1v) is 5.00. The summed E-state index contributed by atoms with van der Waals surface area (Å²) in [5.41, 5.74) is 2.34. The maximum absolute atomic E-state index is 4.29. The molecule has 0 N–H and O–H groups in total. The molecule has 0 spiro atoms. The van der Waals surface area contributed by atoms with E-state index in [4.69, 9.17) is 0 Å². The van der Waals surface area contributed by atoms with Gasteiger partial charge in [-0.3, -0.25) is 4.99 Å². The van der Waals surface area contributed by atoms with E-state index in [0.717, 1.165) is 5.71 Å². The van der Waals surface area contributed by atoms with E-state index in [1.54, 1.807) is 0 Å². The van der Waals surface area contributed by atoms with E-state index in [0.29, 0.717) is 5.92 Å². The fourth-order valence-electron chi connectivity index (χ4n) is 1.25. The van der Waals surface area contributed by atoms with Gasteiger partial charge in [-0.1, -0.05) is 19.9 Å². The highest BCUT2D eigenvalue weighted by Gasteiger charge is 2.08. The molecule has 0 aliphatic rings. The lowest BCUT2D eigenvalue weighted by Crippen LogP contribution is -2.12. The second-order valence-electron chi connectivity index (χ2n) is 3.81. The minimum atomic E-state index is 0.493. The Morgan fingerprint density at radius 1 is 1.29 bits per heavy atom. The van der Waals surface area contributed by atoms with Crippen molar-refractivity contribution in [2.24, 2.45) is 10.9 Å². The van der Waals surface area contributed by atoms with Crippen LogP contribution in [0.4, 0.5) is 0 Å². The van der Waals surface area contributed by atoms with Crippen LogP contribution in [-0.2, 0) is 0 Å². The summed E-state index contributed by atoms with van der Waals surface area (Å²) < 4.78 is 0. The predicted octanol–water partition coefficient (Wildman–Crippen LogP) is 2.73. The van der Waals surface area contributed by atoms with Crippen molar-refractivity contribution in [1.29, 1.82) is 0 Å². The summed E-state index contributed by atoms with van der Waals surface area (Å²) in [5.74, 6) is 0.493. The Morgan fingerprint density at radius 3 is 2.14 bits per heavy atom. The van der Waals surface area contributed by atoms with E-state index >= 15 is 0 Å². The lowest BCUT2D eigenvalue weighted by Gasteiger charge is -2.15. The fourth-order valence-corrected chi connectivity index (χ4v) is 1.25. The van der Waals surface area contributed by atoms with Crippen molar-refractivity contribution in [2.45, 2.75) is 20.8 Å². The summed E-state index contributed by atoms with van der Waals surface area (Å²) in [6.45, 7) is 6.38. The molecule has 2 heteroatoms.